The Morgan fingerprint density at radius 1 is 1.53 bits per heavy atom. The van der Waals surface area contributed by atoms with Gasteiger partial charge in [-0.05, 0) is 37.3 Å². The summed E-state index contributed by atoms with van der Waals surface area (Å²) in [7, 11) is 0. The molecule has 0 saturated carbocycles. The van der Waals surface area contributed by atoms with E-state index in [1.165, 1.54) is 16.9 Å². The van der Waals surface area contributed by atoms with Gasteiger partial charge in [0.05, 0.1) is 10.6 Å². The first-order valence-corrected chi connectivity index (χ1v) is 5.71. The number of rotatable bonds is 2. The van der Waals surface area contributed by atoms with E-state index in [1.807, 2.05) is 17.5 Å². The third-order valence-corrected chi connectivity index (χ3v) is 3.10. The zero-order valence-corrected chi connectivity index (χ0v) is 9.30. The minimum Gasteiger partial charge on any atom is -0.266 e. The summed E-state index contributed by atoms with van der Waals surface area (Å²) in [4.78, 5) is 12.2. The second-order valence-electron chi connectivity index (χ2n) is 3.51. The highest BCUT2D eigenvalue weighted by Gasteiger charge is 2.08. The summed E-state index contributed by atoms with van der Waals surface area (Å²) >= 11 is 1.42. The van der Waals surface area contributed by atoms with Crippen molar-refractivity contribution in [3.63, 3.8) is 0 Å². The number of allylic oxidation sites excluding steroid dienone is 2. The predicted molar refractivity (Wildman–Crippen MR) is 62.2 cm³/mol. The average Bonchev–Trinajstić information content (AvgIpc) is 2.84. The summed E-state index contributed by atoms with van der Waals surface area (Å²) in [5.41, 5.74) is 4.84. The molecule has 0 saturated heterocycles. The van der Waals surface area contributed by atoms with Crippen molar-refractivity contribution in [2.45, 2.75) is 19.8 Å². The van der Waals surface area contributed by atoms with Gasteiger partial charge in [0.2, 0.25) is 0 Å². The molecule has 2 rings (SSSR count). The number of hydrogen-bond acceptors (Lipinski definition) is 3. The highest BCUT2D eigenvalue weighted by atomic mass is 32.1. The molecule has 0 aliphatic heterocycles. The molecule has 1 aliphatic carbocycles. The van der Waals surface area contributed by atoms with Gasteiger partial charge >= 0.3 is 0 Å². The molecule has 4 heteroatoms. The molecule has 3 nitrogen and oxygen atoms in total. The highest BCUT2D eigenvalue weighted by molar-refractivity contribution is 7.12. The van der Waals surface area contributed by atoms with Gasteiger partial charge in [-0.25, -0.2) is 5.43 Å². The number of thiophene rings is 1. The lowest BCUT2D eigenvalue weighted by Crippen LogP contribution is -2.17. The van der Waals surface area contributed by atoms with Crippen LogP contribution in [0.1, 0.15) is 29.4 Å². The van der Waals surface area contributed by atoms with E-state index in [9.17, 15) is 4.79 Å². The van der Waals surface area contributed by atoms with E-state index in [2.05, 4.69) is 17.5 Å². The van der Waals surface area contributed by atoms with Crippen molar-refractivity contribution in [1.29, 1.82) is 0 Å². The lowest BCUT2D eigenvalue weighted by atomic mass is 10.3. The van der Waals surface area contributed by atoms with Crippen LogP contribution in [-0.2, 0) is 0 Å². The Kier molecular flexibility index (Phi) is 2.97. The van der Waals surface area contributed by atoms with Crippen LogP contribution in [0.25, 0.3) is 0 Å². The first-order valence-electron chi connectivity index (χ1n) is 4.83. The Morgan fingerprint density at radius 2 is 2.40 bits per heavy atom. The Labute approximate surface area is 92.5 Å². The molecule has 1 aliphatic rings. The molecular weight excluding hydrogens is 208 g/mol. The lowest BCUT2D eigenvalue weighted by molar-refractivity contribution is 0.0959. The van der Waals surface area contributed by atoms with Crippen molar-refractivity contribution in [3.05, 3.63) is 34.0 Å². The van der Waals surface area contributed by atoms with Crippen LogP contribution in [0.4, 0.5) is 0 Å². The van der Waals surface area contributed by atoms with Crippen LogP contribution >= 0.6 is 11.3 Å². The second kappa shape index (κ2) is 4.40. The fourth-order valence-electron chi connectivity index (χ4n) is 1.43. The molecule has 1 aromatic rings. The molecule has 1 aromatic heterocycles. The van der Waals surface area contributed by atoms with E-state index < -0.39 is 0 Å². The summed E-state index contributed by atoms with van der Waals surface area (Å²) in [6, 6.07) is 3.64. The van der Waals surface area contributed by atoms with Crippen molar-refractivity contribution in [2.24, 2.45) is 5.10 Å². The van der Waals surface area contributed by atoms with Gasteiger partial charge in [0.1, 0.15) is 0 Å². The summed E-state index contributed by atoms with van der Waals surface area (Å²) in [5, 5.41) is 5.95. The Bertz CT molecular complexity index is 418. The SMILES string of the molecule is CC1=CC(=NNC(=O)c2cccs2)CC1. The van der Waals surface area contributed by atoms with Crippen LogP contribution in [-0.4, -0.2) is 11.6 Å². The van der Waals surface area contributed by atoms with Crippen LogP contribution < -0.4 is 5.43 Å². The van der Waals surface area contributed by atoms with E-state index in [0.717, 1.165) is 18.6 Å². The number of carbonyl (C=O) groups is 1. The molecule has 0 fully saturated rings. The van der Waals surface area contributed by atoms with Gasteiger partial charge < -0.3 is 0 Å². The summed E-state index contributed by atoms with van der Waals surface area (Å²) in [6.45, 7) is 2.07. The van der Waals surface area contributed by atoms with Crippen LogP contribution in [0.3, 0.4) is 0 Å². The highest BCUT2D eigenvalue weighted by Crippen LogP contribution is 2.14. The Morgan fingerprint density at radius 3 is 3.00 bits per heavy atom. The first-order chi connectivity index (χ1) is 7.25. The maximum Gasteiger partial charge on any atom is 0.281 e. The number of amides is 1. The molecule has 1 N–H and O–H groups in total. The fourth-order valence-corrected chi connectivity index (χ4v) is 2.04. The van der Waals surface area contributed by atoms with Crippen molar-refractivity contribution < 1.29 is 4.79 Å². The molecule has 78 valence electrons. The Hall–Kier alpha value is -1.42. The lowest BCUT2D eigenvalue weighted by Gasteiger charge is -1.96. The van der Waals surface area contributed by atoms with Gasteiger partial charge in [-0.15, -0.1) is 11.3 Å². The van der Waals surface area contributed by atoms with E-state index >= 15 is 0 Å². The van der Waals surface area contributed by atoms with Crippen LogP contribution in [0.5, 0.6) is 0 Å². The topological polar surface area (TPSA) is 41.5 Å². The monoisotopic (exact) mass is 220 g/mol. The van der Waals surface area contributed by atoms with Crippen molar-refractivity contribution >= 4 is 23.0 Å². The van der Waals surface area contributed by atoms with Gasteiger partial charge in [0, 0.05) is 0 Å². The van der Waals surface area contributed by atoms with Gasteiger partial charge in [0.25, 0.3) is 5.91 Å². The quantitative estimate of drug-likeness (QED) is 0.765. The summed E-state index contributed by atoms with van der Waals surface area (Å²) < 4.78 is 0. The maximum absolute atomic E-state index is 11.5. The molecule has 0 radical (unpaired) electrons. The molecule has 0 bridgehead atoms. The molecule has 1 heterocycles. The van der Waals surface area contributed by atoms with E-state index in [0.29, 0.717) is 4.88 Å². The first kappa shape index (κ1) is 10.1. The smallest absolute Gasteiger partial charge is 0.266 e. The van der Waals surface area contributed by atoms with Crippen LogP contribution in [0, 0.1) is 0 Å². The maximum atomic E-state index is 11.5. The minimum atomic E-state index is -0.129. The molecule has 0 aromatic carbocycles. The largest absolute Gasteiger partial charge is 0.281 e. The molecular formula is C11H12N2OS. The van der Waals surface area contributed by atoms with Gasteiger partial charge in [-0.1, -0.05) is 11.6 Å². The zero-order chi connectivity index (χ0) is 10.7. The van der Waals surface area contributed by atoms with E-state index in [1.54, 1.807) is 6.07 Å². The molecule has 0 spiro atoms. The minimum absolute atomic E-state index is 0.129. The zero-order valence-electron chi connectivity index (χ0n) is 8.49. The molecule has 0 atom stereocenters. The van der Waals surface area contributed by atoms with Gasteiger partial charge in [-0.2, -0.15) is 5.10 Å². The van der Waals surface area contributed by atoms with Gasteiger partial charge in [0.15, 0.2) is 0 Å². The predicted octanol–water partition coefficient (Wildman–Crippen LogP) is 2.57. The van der Waals surface area contributed by atoms with Crippen molar-refractivity contribution in [2.75, 3.05) is 0 Å². The molecule has 1 amide bonds. The standard InChI is InChI=1S/C11H12N2OS/c1-8-4-5-9(7-8)12-13-11(14)10-3-2-6-15-10/h2-3,6-7H,4-5H2,1H3,(H,13,14). The fraction of sp³-hybridized carbons (Fsp3) is 0.273. The van der Waals surface area contributed by atoms with Crippen molar-refractivity contribution in [1.82, 2.24) is 5.43 Å². The average molecular weight is 220 g/mol. The van der Waals surface area contributed by atoms with Crippen LogP contribution in [0.2, 0.25) is 0 Å². The number of hydrogen-bond donors (Lipinski definition) is 1. The van der Waals surface area contributed by atoms with E-state index in [-0.39, 0.29) is 5.91 Å². The third kappa shape index (κ3) is 2.53. The molecule has 15 heavy (non-hydrogen) atoms. The normalized spacial score (nSPS) is 17.9. The number of carbonyl (C=O) groups excluding carboxylic acids is 1. The summed E-state index contributed by atoms with van der Waals surface area (Å²) in [6.07, 6.45) is 4.00. The van der Waals surface area contributed by atoms with Crippen LogP contribution in [0.15, 0.2) is 34.3 Å². The van der Waals surface area contributed by atoms with Gasteiger partial charge in [-0.3, -0.25) is 4.79 Å². The summed E-state index contributed by atoms with van der Waals surface area (Å²) in [5.74, 6) is -0.129. The van der Waals surface area contributed by atoms with E-state index in [4.69, 9.17) is 0 Å². The number of nitrogens with one attached hydrogen (secondary N) is 1. The number of nitrogens with zero attached hydrogens (tertiary/aromatic N) is 1. The third-order valence-electron chi connectivity index (χ3n) is 2.23. The van der Waals surface area contributed by atoms with Crippen molar-refractivity contribution in [3.8, 4) is 0 Å². The molecule has 0 unspecified atom stereocenters. The number of hydrazone groups is 1. The second-order valence-corrected chi connectivity index (χ2v) is 4.46. The Balaban J connectivity index is 1.97.